The second-order valence-electron chi connectivity index (χ2n) is 3.87. The lowest BCUT2D eigenvalue weighted by atomic mass is 9.96. The molecule has 0 spiro atoms. The molecule has 18 heavy (non-hydrogen) atoms. The van der Waals surface area contributed by atoms with Crippen LogP contribution in [-0.2, 0) is 11.8 Å². The molecule has 1 aromatic heterocycles. The van der Waals surface area contributed by atoms with Crippen molar-refractivity contribution < 1.29 is 27.9 Å². The molecule has 0 saturated heterocycles. The molecule has 1 aromatic rings. The molecule has 0 aliphatic heterocycles. The van der Waals surface area contributed by atoms with Gasteiger partial charge in [-0.2, -0.15) is 18.3 Å². The van der Waals surface area contributed by atoms with Gasteiger partial charge in [0.25, 0.3) is 0 Å². The molecule has 8 heteroatoms. The van der Waals surface area contributed by atoms with Gasteiger partial charge in [0.15, 0.2) is 5.78 Å². The summed E-state index contributed by atoms with van der Waals surface area (Å²) in [5, 5.41) is 12.1. The van der Waals surface area contributed by atoms with Crippen LogP contribution in [0, 0.1) is 5.92 Å². The SMILES string of the molecule is Cn1cc(C(=O)CC(CC(=O)O)C(F)(F)F)cn1. The number of Topliss-reactive ketones (excluding diaryl/α,β-unsaturated/α-hetero) is 1. The van der Waals surface area contributed by atoms with Crippen molar-refractivity contribution in [3.05, 3.63) is 18.0 Å². The van der Waals surface area contributed by atoms with Crippen molar-refractivity contribution in [2.45, 2.75) is 19.0 Å². The number of hydrogen-bond donors (Lipinski definition) is 1. The van der Waals surface area contributed by atoms with Crippen LogP contribution in [0.2, 0.25) is 0 Å². The van der Waals surface area contributed by atoms with Gasteiger partial charge in [-0.3, -0.25) is 14.3 Å². The van der Waals surface area contributed by atoms with E-state index in [1.807, 2.05) is 0 Å². The highest BCUT2D eigenvalue weighted by Crippen LogP contribution is 2.32. The largest absolute Gasteiger partial charge is 0.481 e. The number of aromatic nitrogens is 2. The minimum absolute atomic E-state index is 0.0390. The Bertz CT molecular complexity index is 453. The van der Waals surface area contributed by atoms with E-state index in [4.69, 9.17) is 5.11 Å². The number of rotatable bonds is 5. The molecule has 1 atom stereocenters. The maximum atomic E-state index is 12.5. The molecular formula is C10H11F3N2O3. The van der Waals surface area contributed by atoms with Crippen molar-refractivity contribution >= 4 is 11.8 Å². The zero-order valence-electron chi connectivity index (χ0n) is 9.44. The number of ketones is 1. The minimum atomic E-state index is -4.71. The smallest absolute Gasteiger partial charge is 0.392 e. The molecule has 0 radical (unpaired) electrons. The average Bonchev–Trinajstić information content (AvgIpc) is 2.61. The number of aryl methyl sites for hydroxylation is 1. The van der Waals surface area contributed by atoms with Gasteiger partial charge < -0.3 is 5.11 Å². The van der Waals surface area contributed by atoms with E-state index in [1.165, 1.54) is 17.9 Å². The third-order valence-electron chi connectivity index (χ3n) is 2.34. The number of carboxylic acid groups (broad SMARTS) is 1. The Hall–Kier alpha value is -1.86. The van der Waals surface area contributed by atoms with Crippen molar-refractivity contribution in [1.29, 1.82) is 0 Å². The van der Waals surface area contributed by atoms with E-state index in [0.29, 0.717) is 0 Å². The first-order chi connectivity index (χ1) is 8.20. The summed E-state index contributed by atoms with van der Waals surface area (Å²) in [7, 11) is 1.52. The van der Waals surface area contributed by atoms with Gasteiger partial charge in [-0.1, -0.05) is 0 Å². The predicted octanol–water partition coefficient (Wildman–Crippen LogP) is 1.65. The average molecular weight is 264 g/mol. The summed E-state index contributed by atoms with van der Waals surface area (Å²) in [4.78, 5) is 21.9. The van der Waals surface area contributed by atoms with Gasteiger partial charge in [-0.15, -0.1) is 0 Å². The van der Waals surface area contributed by atoms with Crippen molar-refractivity contribution in [1.82, 2.24) is 9.78 Å². The predicted molar refractivity (Wildman–Crippen MR) is 54.0 cm³/mol. The van der Waals surface area contributed by atoms with Crippen LogP contribution in [0.1, 0.15) is 23.2 Å². The Morgan fingerprint density at radius 3 is 2.44 bits per heavy atom. The normalized spacial score (nSPS) is 13.3. The highest BCUT2D eigenvalue weighted by Gasteiger charge is 2.42. The van der Waals surface area contributed by atoms with E-state index < -0.39 is 36.7 Å². The molecule has 5 nitrogen and oxygen atoms in total. The van der Waals surface area contributed by atoms with E-state index in [9.17, 15) is 22.8 Å². The van der Waals surface area contributed by atoms with E-state index >= 15 is 0 Å². The molecule has 0 amide bonds. The van der Waals surface area contributed by atoms with Crippen molar-refractivity contribution in [3.8, 4) is 0 Å². The standard InChI is InChI=1S/C10H11F3N2O3/c1-15-5-6(4-14-15)8(16)2-7(3-9(17)18)10(11,12)13/h4-5,7H,2-3H2,1H3,(H,17,18). The summed E-state index contributed by atoms with van der Waals surface area (Å²) in [5.41, 5.74) is 0.0390. The van der Waals surface area contributed by atoms with Crippen molar-refractivity contribution in [2.24, 2.45) is 13.0 Å². The van der Waals surface area contributed by atoms with E-state index in [-0.39, 0.29) is 5.56 Å². The van der Waals surface area contributed by atoms with Crippen LogP contribution in [0.15, 0.2) is 12.4 Å². The molecule has 1 unspecified atom stereocenters. The molecular weight excluding hydrogens is 253 g/mol. The van der Waals surface area contributed by atoms with Crippen LogP contribution in [0.25, 0.3) is 0 Å². The lowest BCUT2D eigenvalue weighted by Crippen LogP contribution is -2.28. The third-order valence-corrected chi connectivity index (χ3v) is 2.34. The van der Waals surface area contributed by atoms with Gasteiger partial charge in [-0.05, 0) is 0 Å². The van der Waals surface area contributed by atoms with Gasteiger partial charge in [0, 0.05) is 19.7 Å². The van der Waals surface area contributed by atoms with Crippen molar-refractivity contribution in [2.75, 3.05) is 0 Å². The topological polar surface area (TPSA) is 72.2 Å². The molecule has 0 bridgehead atoms. The lowest BCUT2D eigenvalue weighted by molar-refractivity contribution is -0.182. The minimum Gasteiger partial charge on any atom is -0.481 e. The summed E-state index contributed by atoms with van der Waals surface area (Å²) in [6.07, 6.45) is -4.28. The molecule has 1 N–H and O–H groups in total. The zero-order chi connectivity index (χ0) is 13.9. The fraction of sp³-hybridized carbons (Fsp3) is 0.500. The Kier molecular flexibility index (Phi) is 4.10. The second-order valence-corrected chi connectivity index (χ2v) is 3.87. The first kappa shape index (κ1) is 14.2. The molecule has 100 valence electrons. The molecule has 0 aliphatic rings. The number of alkyl halides is 3. The van der Waals surface area contributed by atoms with E-state index in [2.05, 4.69) is 5.10 Å². The monoisotopic (exact) mass is 264 g/mol. The summed E-state index contributed by atoms with van der Waals surface area (Å²) in [6.45, 7) is 0. The first-order valence-corrected chi connectivity index (χ1v) is 5.00. The summed E-state index contributed by atoms with van der Waals surface area (Å²) >= 11 is 0. The molecule has 0 aromatic carbocycles. The van der Waals surface area contributed by atoms with Crippen molar-refractivity contribution in [3.63, 3.8) is 0 Å². The van der Waals surface area contributed by atoms with Gasteiger partial charge in [0.05, 0.1) is 24.1 Å². The molecule has 0 fully saturated rings. The van der Waals surface area contributed by atoms with Crippen LogP contribution in [0.3, 0.4) is 0 Å². The molecule has 0 saturated carbocycles. The zero-order valence-corrected chi connectivity index (χ0v) is 9.44. The summed E-state index contributed by atoms with van der Waals surface area (Å²) < 4.78 is 38.9. The Balaban J connectivity index is 2.78. The molecule has 1 rings (SSSR count). The second kappa shape index (κ2) is 5.19. The number of nitrogens with zero attached hydrogens (tertiary/aromatic N) is 2. The number of carbonyl (C=O) groups is 2. The van der Waals surface area contributed by atoms with Gasteiger partial charge in [0.2, 0.25) is 0 Å². The van der Waals surface area contributed by atoms with Gasteiger partial charge >= 0.3 is 12.1 Å². The Morgan fingerprint density at radius 2 is 2.06 bits per heavy atom. The number of aliphatic carboxylic acids is 1. The molecule has 0 aliphatic carbocycles. The van der Waals surface area contributed by atoms with Crippen LogP contribution in [0.4, 0.5) is 13.2 Å². The van der Waals surface area contributed by atoms with E-state index in [0.717, 1.165) is 6.20 Å². The maximum absolute atomic E-state index is 12.5. The highest BCUT2D eigenvalue weighted by molar-refractivity contribution is 5.96. The Labute approximate surface area is 100 Å². The van der Waals surface area contributed by atoms with Crippen LogP contribution in [-0.4, -0.2) is 32.8 Å². The van der Waals surface area contributed by atoms with Crippen LogP contribution in [0.5, 0.6) is 0 Å². The number of carbonyl (C=O) groups excluding carboxylic acids is 1. The number of halogens is 3. The van der Waals surface area contributed by atoms with Crippen LogP contribution < -0.4 is 0 Å². The van der Waals surface area contributed by atoms with Crippen LogP contribution >= 0.6 is 0 Å². The first-order valence-electron chi connectivity index (χ1n) is 5.00. The van der Waals surface area contributed by atoms with E-state index in [1.54, 1.807) is 0 Å². The number of carboxylic acids is 1. The summed E-state index contributed by atoms with van der Waals surface area (Å²) in [6, 6.07) is 0. The van der Waals surface area contributed by atoms with Gasteiger partial charge in [-0.25, -0.2) is 0 Å². The third kappa shape index (κ3) is 3.86. The summed E-state index contributed by atoms with van der Waals surface area (Å²) in [5.74, 6) is -4.54. The number of hydrogen-bond acceptors (Lipinski definition) is 3. The molecule has 1 heterocycles. The quantitative estimate of drug-likeness (QED) is 0.821. The highest BCUT2D eigenvalue weighted by atomic mass is 19.4. The fourth-order valence-corrected chi connectivity index (χ4v) is 1.42. The fourth-order valence-electron chi connectivity index (χ4n) is 1.42. The van der Waals surface area contributed by atoms with Gasteiger partial charge in [0.1, 0.15) is 0 Å². The lowest BCUT2D eigenvalue weighted by Gasteiger charge is -2.17. The maximum Gasteiger partial charge on any atom is 0.392 e. The Morgan fingerprint density at radius 1 is 1.44 bits per heavy atom.